The van der Waals surface area contributed by atoms with Crippen LogP contribution >= 0.6 is 0 Å². The third kappa shape index (κ3) is 5.44. The Labute approximate surface area is 111 Å². The van der Waals surface area contributed by atoms with Crippen molar-refractivity contribution in [3.63, 3.8) is 0 Å². The average Bonchev–Trinajstić information content (AvgIpc) is 2.28. The van der Waals surface area contributed by atoms with Gasteiger partial charge in [0.2, 0.25) is 0 Å². The van der Waals surface area contributed by atoms with E-state index >= 15 is 0 Å². The van der Waals surface area contributed by atoms with E-state index in [1.807, 2.05) is 0 Å². The van der Waals surface area contributed by atoms with Gasteiger partial charge in [0.25, 0.3) is 0 Å². The molecule has 4 unspecified atom stereocenters. The van der Waals surface area contributed by atoms with Gasteiger partial charge < -0.3 is 0 Å². The van der Waals surface area contributed by atoms with Gasteiger partial charge in [0.15, 0.2) is 0 Å². The van der Waals surface area contributed by atoms with Crippen molar-refractivity contribution in [1.82, 2.24) is 0 Å². The van der Waals surface area contributed by atoms with Crippen LogP contribution in [-0.2, 0) is 0 Å². The molecule has 0 aliphatic rings. The Morgan fingerprint density at radius 3 is 1.53 bits per heavy atom. The number of rotatable bonds is 8. The van der Waals surface area contributed by atoms with Crippen LogP contribution in [0.1, 0.15) is 74.7 Å². The summed E-state index contributed by atoms with van der Waals surface area (Å²) in [6, 6.07) is 0. The van der Waals surface area contributed by atoms with Gasteiger partial charge in [-0.05, 0) is 41.9 Å². The molecular weight excluding hydrogens is 204 g/mol. The third-order valence-corrected chi connectivity index (χ3v) is 5.14. The van der Waals surface area contributed by atoms with Crippen molar-refractivity contribution in [2.24, 2.45) is 35.5 Å². The van der Waals surface area contributed by atoms with Crippen LogP contribution in [0.4, 0.5) is 0 Å². The summed E-state index contributed by atoms with van der Waals surface area (Å²) in [5.41, 5.74) is 0. The molecule has 0 rings (SSSR count). The fourth-order valence-electron chi connectivity index (χ4n) is 3.02. The summed E-state index contributed by atoms with van der Waals surface area (Å²) in [7, 11) is 0. The Bertz CT molecular complexity index is 180. The zero-order valence-corrected chi connectivity index (χ0v) is 13.6. The fraction of sp³-hybridized carbons (Fsp3) is 1.00. The SMILES string of the molecule is CCC(C)C(CC(CC)C(C)C)C(C)C(C)C. The Hall–Kier alpha value is 0. The lowest BCUT2D eigenvalue weighted by atomic mass is 9.70. The molecule has 0 aromatic heterocycles. The summed E-state index contributed by atoms with van der Waals surface area (Å²) in [4.78, 5) is 0. The molecule has 0 aliphatic carbocycles. The largest absolute Gasteiger partial charge is 0.0651 e. The monoisotopic (exact) mass is 240 g/mol. The van der Waals surface area contributed by atoms with Crippen LogP contribution in [-0.4, -0.2) is 0 Å². The molecule has 0 saturated heterocycles. The molecule has 0 fully saturated rings. The summed E-state index contributed by atoms with van der Waals surface area (Å²) in [5, 5.41) is 0. The van der Waals surface area contributed by atoms with Gasteiger partial charge >= 0.3 is 0 Å². The van der Waals surface area contributed by atoms with Crippen LogP contribution in [0, 0.1) is 35.5 Å². The first-order valence-electron chi connectivity index (χ1n) is 7.84. The van der Waals surface area contributed by atoms with Crippen LogP contribution in [0.5, 0.6) is 0 Å². The maximum atomic E-state index is 2.47. The van der Waals surface area contributed by atoms with E-state index in [4.69, 9.17) is 0 Å². The van der Waals surface area contributed by atoms with Crippen LogP contribution in [0.3, 0.4) is 0 Å². The summed E-state index contributed by atoms with van der Waals surface area (Å²) in [5.74, 6) is 5.21. The van der Waals surface area contributed by atoms with Crippen LogP contribution < -0.4 is 0 Å². The molecule has 0 spiro atoms. The smallest absolute Gasteiger partial charge is 0.0358 e. The zero-order valence-electron chi connectivity index (χ0n) is 13.6. The van der Waals surface area contributed by atoms with Crippen molar-refractivity contribution in [3.05, 3.63) is 0 Å². The highest BCUT2D eigenvalue weighted by Crippen LogP contribution is 2.36. The predicted molar refractivity (Wildman–Crippen MR) is 80.2 cm³/mol. The Morgan fingerprint density at radius 1 is 0.706 bits per heavy atom. The molecule has 0 radical (unpaired) electrons. The molecule has 0 heterocycles. The lowest BCUT2D eigenvalue weighted by Crippen LogP contribution is -2.27. The normalized spacial score (nSPS) is 19.4. The van der Waals surface area contributed by atoms with E-state index < -0.39 is 0 Å². The van der Waals surface area contributed by atoms with Crippen molar-refractivity contribution in [1.29, 1.82) is 0 Å². The number of hydrogen-bond donors (Lipinski definition) is 0. The third-order valence-electron chi connectivity index (χ3n) is 5.14. The second-order valence-corrected chi connectivity index (χ2v) is 6.80. The molecule has 0 amide bonds. The van der Waals surface area contributed by atoms with Gasteiger partial charge in [-0.15, -0.1) is 0 Å². The molecule has 0 heteroatoms. The minimum Gasteiger partial charge on any atom is -0.0651 e. The van der Waals surface area contributed by atoms with Gasteiger partial charge in [-0.3, -0.25) is 0 Å². The van der Waals surface area contributed by atoms with Gasteiger partial charge in [0.1, 0.15) is 0 Å². The van der Waals surface area contributed by atoms with E-state index in [0.29, 0.717) is 0 Å². The Balaban J connectivity index is 4.69. The lowest BCUT2D eigenvalue weighted by Gasteiger charge is -2.35. The lowest BCUT2D eigenvalue weighted by molar-refractivity contribution is 0.144. The highest BCUT2D eigenvalue weighted by molar-refractivity contribution is 4.77. The van der Waals surface area contributed by atoms with Crippen LogP contribution in [0.25, 0.3) is 0 Å². The molecule has 104 valence electrons. The molecule has 0 aromatic rings. The molecule has 17 heavy (non-hydrogen) atoms. The molecule has 0 aliphatic heterocycles. The Morgan fingerprint density at radius 2 is 1.24 bits per heavy atom. The van der Waals surface area contributed by atoms with Gasteiger partial charge in [0, 0.05) is 0 Å². The van der Waals surface area contributed by atoms with Crippen molar-refractivity contribution in [3.8, 4) is 0 Å². The van der Waals surface area contributed by atoms with Gasteiger partial charge in [-0.2, -0.15) is 0 Å². The predicted octanol–water partition coefficient (Wildman–Crippen LogP) is 6.01. The zero-order chi connectivity index (χ0) is 13.6. The van der Waals surface area contributed by atoms with Gasteiger partial charge in [0.05, 0.1) is 0 Å². The molecule has 0 nitrogen and oxygen atoms in total. The quantitative estimate of drug-likeness (QED) is 0.487. The second kappa shape index (κ2) is 8.16. The standard InChI is InChI=1S/C17H36/c1-9-14(7)17(15(8)12(3)4)11-16(10-2)13(5)6/h12-17H,9-11H2,1-8H3. The van der Waals surface area contributed by atoms with Gasteiger partial charge in [-0.25, -0.2) is 0 Å². The Kier molecular flexibility index (Phi) is 8.16. The minimum atomic E-state index is 0.818. The van der Waals surface area contributed by atoms with E-state index in [-0.39, 0.29) is 0 Å². The summed E-state index contributed by atoms with van der Waals surface area (Å²) in [6.07, 6.45) is 4.11. The molecule has 0 N–H and O–H groups in total. The maximum Gasteiger partial charge on any atom is -0.0358 e. The van der Waals surface area contributed by atoms with Crippen molar-refractivity contribution < 1.29 is 0 Å². The molecule has 0 bridgehead atoms. The van der Waals surface area contributed by atoms with E-state index in [9.17, 15) is 0 Å². The molecule has 0 saturated carbocycles. The highest BCUT2D eigenvalue weighted by Gasteiger charge is 2.28. The van der Waals surface area contributed by atoms with Crippen molar-refractivity contribution in [2.45, 2.75) is 74.7 Å². The average molecular weight is 240 g/mol. The van der Waals surface area contributed by atoms with Crippen LogP contribution in [0.15, 0.2) is 0 Å². The molecular formula is C17H36. The molecule has 4 atom stereocenters. The summed E-state index contributed by atoms with van der Waals surface area (Å²) >= 11 is 0. The summed E-state index contributed by atoms with van der Waals surface area (Å²) in [6.45, 7) is 19.2. The van der Waals surface area contributed by atoms with E-state index in [1.54, 1.807) is 0 Å². The number of hydrogen-bond acceptors (Lipinski definition) is 0. The van der Waals surface area contributed by atoms with E-state index in [2.05, 4.69) is 55.4 Å². The fourth-order valence-corrected chi connectivity index (χ4v) is 3.02. The van der Waals surface area contributed by atoms with Crippen molar-refractivity contribution >= 4 is 0 Å². The minimum absolute atomic E-state index is 0.818. The second-order valence-electron chi connectivity index (χ2n) is 6.80. The first kappa shape index (κ1) is 17.0. The first-order chi connectivity index (χ1) is 7.84. The topological polar surface area (TPSA) is 0 Å². The van der Waals surface area contributed by atoms with Gasteiger partial charge in [-0.1, -0.05) is 68.2 Å². The maximum absolute atomic E-state index is 2.47. The van der Waals surface area contributed by atoms with E-state index in [1.165, 1.54) is 19.3 Å². The summed E-state index contributed by atoms with van der Waals surface area (Å²) < 4.78 is 0. The van der Waals surface area contributed by atoms with Crippen molar-refractivity contribution in [2.75, 3.05) is 0 Å². The molecule has 0 aromatic carbocycles. The van der Waals surface area contributed by atoms with Crippen LogP contribution in [0.2, 0.25) is 0 Å². The van der Waals surface area contributed by atoms with E-state index in [0.717, 1.165) is 35.5 Å². The highest BCUT2D eigenvalue weighted by atomic mass is 14.3. The first-order valence-corrected chi connectivity index (χ1v) is 7.84.